The standard InChI is InChI=1S/C34H42ClFN6O4/c1-19(2)28-29(20(3)13-14-37-28)39-31-24(15-25(35)30(40-31)23-11-9-10-12-26(23)36)32(38-16-27(43)44)41-17-22(5)42(18-21(41)4)33(45)46-34(6,7)8/h9-15,19,21-22H,16-18H2,1-8H3,(H,39,40)(H,43,44)/t21-,22+/m0/s1. The number of aliphatic carboxylic acids is 1. The summed E-state index contributed by atoms with van der Waals surface area (Å²) in [6.45, 7) is 15.4. The number of halogens is 2. The third-order valence-electron chi connectivity index (χ3n) is 7.57. The molecule has 0 saturated carbocycles. The van der Waals surface area contributed by atoms with Gasteiger partial charge in [-0.15, -0.1) is 0 Å². The second-order valence-corrected chi connectivity index (χ2v) is 13.3. The highest BCUT2D eigenvalue weighted by molar-refractivity contribution is 6.33. The summed E-state index contributed by atoms with van der Waals surface area (Å²) in [5.74, 6) is -0.913. The lowest BCUT2D eigenvalue weighted by molar-refractivity contribution is -0.135. The topological polar surface area (TPSA) is 120 Å². The number of piperazine rings is 1. The maximum atomic E-state index is 15.0. The lowest BCUT2D eigenvalue weighted by Crippen LogP contribution is -2.60. The Hall–Kier alpha value is -4.25. The Labute approximate surface area is 274 Å². The number of ether oxygens (including phenoxy) is 1. The van der Waals surface area contributed by atoms with E-state index in [0.717, 1.165) is 16.9 Å². The first-order chi connectivity index (χ1) is 21.6. The number of nitrogens with zero attached hydrogens (tertiary/aromatic N) is 5. The van der Waals surface area contributed by atoms with Crippen molar-refractivity contribution in [3.8, 4) is 11.3 Å². The smallest absolute Gasteiger partial charge is 0.410 e. The van der Waals surface area contributed by atoms with Crippen LogP contribution in [0.2, 0.25) is 5.02 Å². The van der Waals surface area contributed by atoms with Gasteiger partial charge in [-0.25, -0.2) is 14.2 Å². The van der Waals surface area contributed by atoms with Crippen molar-refractivity contribution >= 4 is 41.0 Å². The molecular formula is C34H42ClFN6O4. The predicted octanol–water partition coefficient (Wildman–Crippen LogP) is 7.27. The fraction of sp³-hybridized carbons (Fsp3) is 0.441. The molecule has 3 heterocycles. The molecule has 1 aliphatic heterocycles. The maximum absolute atomic E-state index is 15.0. The molecular weight excluding hydrogens is 611 g/mol. The number of aromatic nitrogens is 2. The minimum absolute atomic E-state index is 0.0612. The molecule has 4 rings (SSSR count). The molecule has 1 fully saturated rings. The number of amides is 1. The van der Waals surface area contributed by atoms with E-state index in [-0.39, 0.29) is 34.3 Å². The van der Waals surface area contributed by atoms with Gasteiger partial charge in [-0.1, -0.05) is 37.6 Å². The molecule has 1 aliphatic rings. The molecule has 2 aromatic heterocycles. The molecule has 0 unspecified atom stereocenters. The second-order valence-electron chi connectivity index (χ2n) is 12.9. The van der Waals surface area contributed by atoms with Crippen molar-refractivity contribution in [1.82, 2.24) is 19.8 Å². The van der Waals surface area contributed by atoms with E-state index in [1.54, 1.807) is 35.4 Å². The summed E-state index contributed by atoms with van der Waals surface area (Å²) in [6.07, 6.45) is 1.31. The number of carboxylic acid groups (broad SMARTS) is 1. The molecule has 0 radical (unpaired) electrons. The lowest BCUT2D eigenvalue weighted by atomic mass is 10.0. The second kappa shape index (κ2) is 14.0. The summed E-state index contributed by atoms with van der Waals surface area (Å²) in [5.41, 5.74) is 2.63. The number of pyridine rings is 2. The van der Waals surface area contributed by atoms with Crippen molar-refractivity contribution in [3.63, 3.8) is 0 Å². The van der Waals surface area contributed by atoms with Crippen molar-refractivity contribution in [2.45, 2.75) is 79.0 Å². The average molecular weight is 653 g/mol. The zero-order valence-corrected chi connectivity index (χ0v) is 28.3. The normalized spacial score (nSPS) is 17.3. The molecule has 1 aromatic carbocycles. The summed E-state index contributed by atoms with van der Waals surface area (Å²) in [4.78, 5) is 42.5. The van der Waals surface area contributed by atoms with Gasteiger partial charge >= 0.3 is 12.1 Å². The quantitative estimate of drug-likeness (QED) is 0.202. The number of benzene rings is 1. The molecule has 1 amide bonds. The first kappa shape index (κ1) is 34.6. The monoisotopic (exact) mass is 652 g/mol. The Morgan fingerprint density at radius 3 is 2.43 bits per heavy atom. The number of nitrogens with one attached hydrogen (secondary N) is 1. The minimum Gasteiger partial charge on any atom is -0.480 e. The van der Waals surface area contributed by atoms with Gasteiger partial charge in [-0.05, 0) is 77.3 Å². The summed E-state index contributed by atoms with van der Waals surface area (Å²) >= 11 is 6.83. The molecule has 10 nitrogen and oxygen atoms in total. The first-order valence-electron chi connectivity index (χ1n) is 15.3. The summed E-state index contributed by atoms with van der Waals surface area (Å²) in [6, 6.07) is 9.15. The number of amidine groups is 1. The van der Waals surface area contributed by atoms with Gasteiger partial charge in [0.25, 0.3) is 0 Å². The highest BCUT2D eigenvalue weighted by Gasteiger charge is 2.37. The SMILES string of the molecule is Cc1ccnc(C(C)C)c1Nc1nc(-c2ccccc2F)c(Cl)cc1C(=NCC(=O)O)N1C[C@@H](C)N(C(=O)OC(C)(C)C)C[C@@H]1C. The molecule has 12 heteroatoms. The number of hydrogen-bond donors (Lipinski definition) is 2. The molecule has 0 aliphatic carbocycles. The van der Waals surface area contributed by atoms with Crippen LogP contribution >= 0.6 is 11.6 Å². The highest BCUT2D eigenvalue weighted by Crippen LogP contribution is 2.36. The van der Waals surface area contributed by atoms with Gasteiger partial charge in [0.1, 0.15) is 29.6 Å². The van der Waals surface area contributed by atoms with Crippen LogP contribution in [0.4, 0.5) is 20.7 Å². The Bertz CT molecular complexity index is 1640. The molecule has 3 aromatic rings. The van der Waals surface area contributed by atoms with E-state index in [2.05, 4.69) is 15.3 Å². The summed E-state index contributed by atoms with van der Waals surface area (Å²) in [5, 5.41) is 13.3. The van der Waals surface area contributed by atoms with Crippen LogP contribution in [0.15, 0.2) is 47.6 Å². The molecule has 2 N–H and O–H groups in total. The number of carbonyl (C=O) groups excluding carboxylic acids is 1. The number of rotatable bonds is 7. The Balaban J connectivity index is 1.89. The van der Waals surface area contributed by atoms with E-state index in [1.165, 1.54) is 6.07 Å². The van der Waals surface area contributed by atoms with Gasteiger partial charge < -0.3 is 25.0 Å². The maximum Gasteiger partial charge on any atom is 0.410 e. The fourth-order valence-corrected chi connectivity index (χ4v) is 5.62. The number of hydrogen-bond acceptors (Lipinski definition) is 7. The highest BCUT2D eigenvalue weighted by atomic mass is 35.5. The number of carboxylic acids is 1. The van der Waals surface area contributed by atoms with Crippen molar-refractivity contribution in [1.29, 1.82) is 0 Å². The van der Waals surface area contributed by atoms with Gasteiger partial charge in [0.2, 0.25) is 0 Å². The van der Waals surface area contributed by atoms with Crippen LogP contribution in [0.5, 0.6) is 0 Å². The number of aliphatic imine (C=N–C) groups is 1. The molecule has 1 saturated heterocycles. The average Bonchev–Trinajstić information content (AvgIpc) is 2.96. The largest absolute Gasteiger partial charge is 0.480 e. The van der Waals surface area contributed by atoms with Gasteiger partial charge in [0.05, 0.1) is 27.7 Å². The lowest BCUT2D eigenvalue weighted by Gasteiger charge is -2.45. The number of carbonyl (C=O) groups is 2. The van der Waals surface area contributed by atoms with Crippen LogP contribution in [0, 0.1) is 12.7 Å². The Morgan fingerprint density at radius 1 is 1.15 bits per heavy atom. The van der Waals surface area contributed by atoms with Crippen LogP contribution in [0.1, 0.15) is 71.2 Å². The molecule has 246 valence electrons. The van der Waals surface area contributed by atoms with Gasteiger partial charge in [-0.3, -0.25) is 14.8 Å². The van der Waals surface area contributed by atoms with Crippen molar-refractivity contribution in [2.75, 3.05) is 25.0 Å². The van der Waals surface area contributed by atoms with Crippen LogP contribution in [-0.4, -0.2) is 80.1 Å². The first-order valence-corrected chi connectivity index (χ1v) is 15.7. The zero-order chi connectivity index (χ0) is 33.9. The number of aryl methyl sites for hydroxylation is 1. The van der Waals surface area contributed by atoms with E-state index in [4.69, 9.17) is 21.3 Å². The van der Waals surface area contributed by atoms with E-state index < -0.39 is 30.0 Å². The third-order valence-corrected chi connectivity index (χ3v) is 7.86. The van der Waals surface area contributed by atoms with E-state index in [1.807, 2.05) is 66.4 Å². The fourth-order valence-electron chi connectivity index (χ4n) is 5.36. The molecule has 46 heavy (non-hydrogen) atoms. The van der Waals surface area contributed by atoms with Crippen molar-refractivity contribution in [2.24, 2.45) is 4.99 Å². The third kappa shape index (κ3) is 7.93. The van der Waals surface area contributed by atoms with Gasteiger partial charge in [0.15, 0.2) is 0 Å². The summed E-state index contributed by atoms with van der Waals surface area (Å²) in [7, 11) is 0. The Kier molecular flexibility index (Phi) is 10.6. The van der Waals surface area contributed by atoms with Crippen LogP contribution in [0.25, 0.3) is 11.3 Å². The van der Waals surface area contributed by atoms with Crippen LogP contribution in [0.3, 0.4) is 0 Å². The Morgan fingerprint density at radius 2 is 1.80 bits per heavy atom. The minimum atomic E-state index is -1.12. The van der Waals surface area contributed by atoms with Gasteiger partial charge in [0, 0.05) is 36.9 Å². The van der Waals surface area contributed by atoms with Crippen molar-refractivity contribution in [3.05, 3.63) is 70.3 Å². The predicted molar refractivity (Wildman–Crippen MR) is 179 cm³/mol. The van der Waals surface area contributed by atoms with Crippen molar-refractivity contribution < 1.29 is 23.8 Å². The van der Waals surface area contributed by atoms with Crippen LogP contribution < -0.4 is 5.32 Å². The van der Waals surface area contributed by atoms with E-state index >= 15 is 4.39 Å². The van der Waals surface area contributed by atoms with E-state index in [0.29, 0.717) is 30.3 Å². The molecule has 2 atom stereocenters. The van der Waals surface area contributed by atoms with Gasteiger partial charge in [-0.2, -0.15) is 0 Å². The molecule has 0 bridgehead atoms. The summed E-state index contributed by atoms with van der Waals surface area (Å²) < 4.78 is 20.7. The van der Waals surface area contributed by atoms with E-state index in [9.17, 15) is 14.7 Å². The molecule has 0 spiro atoms. The van der Waals surface area contributed by atoms with Crippen LogP contribution in [-0.2, 0) is 9.53 Å². The zero-order valence-electron chi connectivity index (χ0n) is 27.6. The number of anilines is 2.